The first-order valence-electron chi connectivity index (χ1n) is 12.3. The number of likely N-dealkylation sites (N-methyl/N-ethyl adjacent to an activating group) is 1. The number of hydrogen-bond acceptors (Lipinski definition) is 5. The molecule has 1 aliphatic rings. The molecule has 0 aliphatic heterocycles. The minimum Gasteiger partial charge on any atom is -0.463 e. The second-order valence-electron chi connectivity index (χ2n) is 9.06. The summed E-state index contributed by atoms with van der Waals surface area (Å²) in [5.74, 6) is -0.442. The van der Waals surface area contributed by atoms with E-state index in [-0.39, 0.29) is 29.7 Å². The largest absolute Gasteiger partial charge is 0.463 e. The minimum absolute atomic E-state index is 0.0975. The van der Waals surface area contributed by atoms with Gasteiger partial charge in [0.25, 0.3) is 0 Å². The topological polar surface area (TPSA) is 87.7 Å². The zero-order valence-corrected chi connectivity index (χ0v) is 21.3. The molecule has 2 atom stereocenters. The fraction of sp³-hybridized carbons (Fsp3) is 0.800. The van der Waals surface area contributed by atoms with E-state index >= 15 is 0 Å². The van der Waals surface area contributed by atoms with E-state index in [1.807, 2.05) is 13.8 Å². The molecule has 2 unspecified atom stereocenters. The van der Waals surface area contributed by atoms with Gasteiger partial charge in [-0.25, -0.2) is 4.79 Å². The summed E-state index contributed by atoms with van der Waals surface area (Å²) in [7, 11) is 1.72. The second kappa shape index (κ2) is 13.6. The molecule has 0 aromatic heterocycles. The Kier molecular flexibility index (Phi) is 12.0. The molecule has 2 N–H and O–H groups in total. The van der Waals surface area contributed by atoms with Crippen LogP contribution in [0.5, 0.6) is 0 Å². The predicted octanol–water partition coefficient (Wildman–Crippen LogP) is 3.58. The highest BCUT2D eigenvalue weighted by atomic mass is 16.5. The van der Waals surface area contributed by atoms with Crippen molar-refractivity contribution in [1.29, 1.82) is 0 Å². The maximum absolute atomic E-state index is 13.5. The summed E-state index contributed by atoms with van der Waals surface area (Å²) in [4.78, 5) is 40.3. The highest BCUT2D eigenvalue weighted by Gasteiger charge is 2.40. The third-order valence-electron chi connectivity index (χ3n) is 6.85. The van der Waals surface area contributed by atoms with E-state index in [1.54, 1.807) is 31.9 Å². The van der Waals surface area contributed by atoms with Crippen molar-refractivity contribution in [3.63, 3.8) is 0 Å². The van der Waals surface area contributed by atoms with E-state index < -0.39 is 11.6 Å². The molecule has 7 nitrogen and oxygen atoms in total. The Morgan fingerprint density at radius 3 is 2.22 bits per heavy atom. The van der Waals surface area contributed by atoms with Crippen molar-refractivity contribution in [2.75, 3.05) is 20.2 Å². The van der Waals surface area contributed by atoms with Crippen LogP contribution in [-0.2, 0) is 19.1 Å². The van der Waals surface area contributed by atoms with E-state index in [2.05, 4.69) is 24.5 Å². The lowest BCUT2D eigenvalue weighted by atomic mass is 9.88. The molecule has 1 saturated carbocycles. The highest BCUT2D eigenvalue weighted by Crippen LogP contribution is 2.29. The fourth-order valence-corrected chi connectivity index (χ4v) is 4.30. The van der Waals surface area contributed by atoms with E-state index in [0.29, 0.717) is 31.6 Å². The Bertz CT molecular complexity index is 652. The van der Waals surface area contributed by atoms with Gasteiger partial charge in [-0.05, 0) is 58.8 Å². The van der Waals surface area contributed by atoms with Crippen LogP contribution in [0, 0.1) is 5.92 Å². The van der Waals surface area contributed by atoms with Gasteiger partial charge in [0.05, 0.1) is 12.1 Å². The van der Waals surface area contributed by atoms with Gasteiger partial charge in [-0.15, -0.1) is 0 Å². The van der Waals surface area contributed by atoms with Gasteiger partial charge in [-0.1, -0.05) is 39.7 Å². The molecule has 0 saturated heterocycles. The monoisotopic (exact) mass is 451 g/mol. The molecule has 0 aromatic rings. The smallest absolute Gasteiger partial charge is 0.333 e. The van der Waals surface area contributed by atoms with Crippen LogP contribution < -0.4 is 10.6 Å². The van der Waals surface area contributed by atoms with Crippen molar-refractivity contribution >= 4 is 17.8 Å². The summed E-state index contributed by atoms with van der Waals surface area (Å²) in [5, 5.41) is 6.65. The molecule has 0 heterocycles. The maximum atomic E-state index is 13.5. The molecule has 0 aromatic carbocycles. The van der Waals surface area contributed by atoms with Crippen molar-refractivity contribution < 1.29 is 19.1 Å². The Hall–Kier alpha value is -1.89. The van der Waals surface area contributed by atoms with Gasteiger partial charge in [-0.2, -0.15) is 0 Å². The summed E-state index contributed by atoms with van der Waals surface area (Å²) in [6.45, 7) is 12.3. The van der Waals surface area contributed by atoms with Gasteiger partial charge >= 0.3 is 5.97 Å². The lowest BCUT2D eigenvalue weighted by Crippen LogP contribution is -2.63. The van der Waals surface area contributed by atoms with E-state index in [1.165, 1.54) is 0 Å². The third kappa shape index (κ3) is 7.61. The number of carbonyl (C=O) groups excluding carboxylic acids is 3. The van der Waals surface area contributed by atoms with Gasteiger partial charge in [0.1, 0.15) is 6.04 Å². The quantitative estimate of drug-likeness (QED) is 0.330. The predicted molar refractivity (Wildman–Crippen MR) is 128 cm³/mol. The minimum atomic E-state index is -0.689. The Labute approximate surface area is 194 Å². The number of nitrogens with zero attached hydrogens (tertiary/aromatic N) is 1. The fourth-order valence-electron chi connectivity index (χ4n) is 4.30. The van der Waals surface area contributed by atoms with Crippen LogP contribution in [0.25, 0.3) is 0 Å². The molecule has 32 heavy (non-hydrogen) atoms. The average molecular weight is 452 g/mol. The molecule has 0 radical (unpaired) electrons. The van der Waals surface area contributed by atoms with Gasteiger partial charge < -0.3 is 20.3 Å². The first kappa shape index (κ1) is 28.1. The number of hydrogen-bond donors (Lipinski definition) is 2. The summed E-state index contributed by atoms with van der Waals surface area (Å²) >= 11 is 0. The standard InChI is InChI=1S/C25H45N3O4/c1-8-19(6)27-25(9-2,10-3)24(31)26-21(20-14-12-13-15-20)22(29)28(7)17-16-18(5)23(30)32-11-4/h16,19-21,27H,8-15,17H2,1-7H3,(H,26,31)/b18-16+. The van der Waals surface area contributed by atoms with E-state index in [9.17, 15) is 14.4 Å². The first-order chi connectivity index (χ1) is 15.1. The van der Waals surface area contributed by atoms with Crippen molar-refractivity contribution in [2.24, 2.45) is 5.92 Å². The van der Waals surface area contributed by atoms with E-state index in [4.69, 9.17) is 4.74 Å². The van der Waals surface area contributed by atoms with Gasteiger partial charge in [0.2, 0.25) is 11.8 Å². The van der Waals surface area contributed by atoms with Crippen LogP contribution >= 0.6 is 0 Å². The van der Waals surface area contributed by atoms with Crippen molar-refractivity contribution in [3.05, 3.63) is 11.6 Å². The van der Waals surface area contributed by atoms with Crippen LogP contribution in [-0.4, -0.2) is 60.5 Å². The molecular formula is C25H45N3O4. The average Bonchev–Trinajstić information content (AvgIpc) is 3.33. The number of rotatable bonds is 13. The highest BCUT2D eigenvalue weighted by molar-refractivity contribution is 5.92. The summed E-state index contributed by atoms with van der Waals surface area (Å²) in [5.41, 5.74) is -0.215. The number of carbonyl (C=O) groups is 3. The van der Waals surface area contributed by atoms with Gasteiger partial charge in [0.15, 0.2) is 0 Å². The molecule has 1 rings (SSSR count). The van der Waals surface area contributed by atoms with Gasteiger partial charge in [-0.3, -0.25) is 9.59 Å². The molecule has 2 amide bonds. The molecule has 1 aliphatic carbocycles. The lowest BCUT2D eigenvalue weighted by Gasteiger charge is -2.37. The zero-order chi connectivity index (χ0) is 24.3. The Morgan fingerprint density at radius 2 is 1.72 bits per heavy atom. The molecule has 7 heteroatoms. The molecule has 0 bridgehead atoms. The van der Waals surface area contributed by atoms with Crippen molar-refractivity contribution in [3.8, 4) is 0 Å². The SMILES string of the molecule is CCOC(=O)/C(C)=C/CN(C)C(=O)C(NC(=O)C(CC)(CC)NC(C)CC)C1CCCC1. The second-order valence-corrected chi connectivity index (χ2v) is 9.06. The maximum Gasteiger partial charge on any atom is 0.333 e. The molecule has 184 valence electrons. The summed E-state index contributed by atoms with van der Waals surface area (Å²) in [6, 6.07) is -0.345. The Balaban J connectivity index is 3.02. The molecule has 0 spiro atoms. The first-order valence-corrected chi connectivity index (χ1v) is 12.3. The molecular weight excluding hydrogens is 406 g/mol. The zero-order valence-electron chi connectivity index (χ0n) is 21.3. The van der Waals surface area contributed by atoms with Crippen molar-refractivity contribution in [1.82, 2.24) is 15.5 Å². The van der Waals surface area contributed by atoms with Crippen LogP contribution in [0.2, 0.25) is 0 Å². The summed E-state index contributed by atoms with van der Waals surface area (Å²) < 4.78 is 5.01. The number of esters is 1. The Morgan fingerprint density at radius 1 is 1.12 bits per heavy atom. The van der Waals surface area contributed by atoms with Crippen LogP contribution in [0.3, 0.4) is 0 Å². The van der Waals surface area contributed by atoms with Gasteiger partial charge in [0, 0.05) is 25.2 Å². The van der Waals surface area contributed by atoms with Crippen LogP contribution in [0.4, 0.5) is 0 Å². The van der Waals surface area contributed by atoms with Crippen molar-refractivity contribution in [2.45, 2.75) is 104 Å². The van der Waals surface area contributed by atoms with Crippen LogP contribution in [0.15, 0.2) is 11.6 Å². The van der Waals surface area contributed by atoms with Crippen LogP contribution in [0.1, 0.15) is 86.5 Å². The molecule has 1 fully saturated rings. The number of ether oxygens (including phenoxy) is 1. The lowest BCUT2D eigenvalue weighted by molar-refractivity contribution is -0.139. The van der Waals surface area contributed by atoms with E-state index in [0.717, 1.165) is 32.1 Å². The summed E-state index contributed by atoms with van der Waals surface area (Å²) in [6.07, 6.45) is 7.97. The number of nitrogens with one attached hydrogen (secondary N) is 2. The normalized spacial score (nSPS) is 17.0. The third-order valence-corrected chi connectivity index (χ3v) is 6.85. The number of amides is 2.